The molecule has 0 radical (unpaired) electrons. The Bertz CT molecular complexity index is 868. The standard InChI is InChI=1S/C20H20N2O/c1-14-17-9-5-6-10-18(17)21(2)19(14)20(23)22-12-11-15-7-3-4-8-16(15)13-22/h3-10H,11-13H2,1-2H3. The molecule has 4 rings (SSSR count). The van der Waals surface area contributed by atoms with Crippen molar-refractivity contribution in [2.24, 2.45) is 7.05 Å². The molecule has 2 heterocycles. The first-order valence-electron chi connectivity index (χ1n) is 8.07. The Balaban J connectivity index is 1.74. The first-order valence-corrected chi connectivity index (χ1v) is 8.07. The van der Waals surface area contributed by atoms with Crippen molar-refractivity contribution in [3.63, 3.8) is 0 Å². The van der Waals surface area contributed by atoms with Crippen LogP contribution in [0.5, 0.6) is 0 Å². The number of carbonyl (C=O) groups excluding carboxylic acids is 1. The van der Waals surface area contributed by atoms with E-state index >= 15 is 0 Å². The summed E-state index contributed by atoms with van der Waals surface area (Å²) in [4.78, 5) is 15.1. The van der Waals surface area contributed by atoms with E-state index in [0.717, 1.165) is 35.1 Å². The van der Waals surface area contributed by atoms with Crippen LogP contribution in [-0.2, 0) is 20.0 Å². The van der Waals surface area contributed by atoms with Gasteiger partial charge in [0.2, 0.25) is 0 Å². The van der Waals surface area contributed by atoms with E-state index in [1.807, 2.05) is 35.6 Å². The number of aryl methyl sites for hydroxylation is 2. The number of amides is 1. The van der Waals surface area contributed by atoms with E-state index in [9.17, 15) is 4.79 Å². The van der Waals surface area contributed by atoms with Crippen LogP contribution in [0.4, 0.5) is 0 Å². The Morgan fingerprint density at radius 2 is 1.70 bits per heavy atom. The Morgan fingerprint density at radius 1 is 1.00 bits per heavy atom. The van der Waals surface area contributed by atoms with Crippen LogP contribution in [0.2, 0.25) is 0 Å². The van der Waals surface area contributed by atoms with Crippen molar-refractivity contribution >= 4 is 16.8 Å². The van der Waals surface area contributed by atoms with E-state index in [-0.39, 0.29) is 5.91 Å². The molecule has 0 atom stereocenters. The van der Waals surface area contributed by atoms with Gasteiger partial charge in [-0.25, -0.2) is 0 Å². The average molecular weight is 304 g/mol. The molecule has 0 spiro atoms. The summed E-state index contributed by atoms with van der Waals surface area (Å²) in [6.45, 7) is 3.54. The average Bonchev–Trinajstić information content (AvgIpc) is 2.85. The second-order valence-corrected chi connectivity index (χ2v) is 6.30. The van der Waals surface area contributed by atoms with Crippen molar-refractivity contribution < 1.29 is 4.79 Å². The van der Waals surface area contributed by atoms with Crippen LogP contribution in [0.25, 0.3) is 10.9 Å². The zero-order valence-electron chi connectivity index (χ0n) is 13.5. The van der Waals surface area contributed by atoms with E-state index in [1.165, 1.54) is 11.1 Å². The number of para-hydroxylation sites is 1. The fourth-order valence-corrected chi connectivity index (χ4v) is 3.71. The van der Waals surface area contributed by atoms with Crippen molar-refractivity contribution in [2.75, 3.05) is 6.54 Å². The van der Waals surface area contributed by atoms with E-state index in [0.29, 0.717) is 6.54 Å². The molecule has 23 heavy (non-hydrogen) atoms. The fraction of sp³-hybridized carbons (Fsp3) is 0.250. The number of benzene rings is 2. The van der Waals surface area contributed by atoms with Crippen molar-refractivity contribution in [2.45, 2.75) is 19.9 Å². The largest absolute Gasteiger partial charge is 0.339 e. The molecule has 0 aliphatic carbocycles. The summed E-state index contributed by atoms with van der Waals surface area (Å²) in [5.41, 5.74) is 5.64. The van der Waals surface area contributed by atoms with Gasteiger partial charge >= 0.3 is 0 Å². The van der Waals surface area contributed by atoms with Gasteiger partial charge in [0, 0.05) is 31.0 Å². The van der Waals surface area contributed by atoms with Gasteiger partial charge in [-0.15, -0.1) is 0 Å². The molecule has 0 fully saturated rings. The highest BCUT2D eigenvalue weighted by Gasteiger charge is 2.26. The molecule has 0 saturated heterocycles. The molecule has 1 aliphatic rings. The zero-order valence-corrected chi connectivity index (χ0v) is 13.5. The van der Waals surface area contributed by atoms with Gasteiger partial charge in [-0.05, 0) is 36.1 Å². The third-order valence-corrected chi connectivity index (χ3v) is 4.98. The molecule has 3 nitrogen and oxygen atoms in total. The Kier molecular flexibility index (Phi) is 3.22. The Hall–Kier alpha value is -2.55. The predicted molar refractivity (Wildman–Crippen MR) is 92.5 cm³/mol. The summed E-state index contributed by atoms with van der Waals surface area (Å²) in [5, 5.41) is 1.16. The van der Waals surface area contributed by atoms with Gasteiger partial charge in [-0.3, -0.25) is 4.79 Å². The van der Waals surface area contributed by atoms with Gasteiger partial charge in [0.25, 0.3) is 5.91 Å². The van der Waals surface area contributed by atoms with Crippen molar-refractivity contribution in [3.05, 3.63) is 70.9 Å². The normalized spacial score (nSPS) is 14.1. The minimum Gasteiger partial charge on any atom is -0.339 e. The van der Waals surface area contributed by atoms with Gasteiger partial charge < -0.3 is 9.47 Å². The van der Waals surface area contributed by atoms with E-state index in [1.54, 1.807) is 0 Å². The lowest BCUT2D eigenvalue weighted by Gasteiger charge is -2.29. The molecule has 2 aromatic carbocycles. The molecule has 3 heteroatoms. The molecule has 0 bridgehead atoms. The summed E-state index contributed by atoms with van der Waals surface area (Å²) >= 11 is 0. The number of aromatic nitrogens is 1. The number of fused-ring (bicyclic) bond motifs is 2. The summed E-state index contributed by atoms with van der Waals surface area (Å²) < 4.78 is 2.04. The lowest BCUT2D eigenvalue weighted by Crippen LogP contribution is -2.37. The van der Waals surface area contributed by atoms with Crippen molar-refractivity contribution in [3.8, 4) is 0 Å². The molecule has 0 unspecified atom stereocenters. The first-order chi connectivity index (χ1) is 11.2. The van der Waals surface area contributed by atoms with E-state index in [4.69, 9.17) is 0 Å². The van der Waals surface area contributed by atoms with E-state index < -0.39 is 0 Å². The summed E-state index contributed by atoms with van der Waals surface area (Å²) in [7, 11) is 1.99. The third kappa shape index (κ3) is 2.15. The van der Waals surface area contributed by atoms with Crippen LogP contribution < -0.4 is 0 Å². The van der Waals surface area contributed by atoms with Gasteiger partial charge in [0.15, 0.2) is 0 Å². The highest BCUT2D eigenvalue weighted by Crippen LogP contribution is 2.27. The van der Waals surface area contributed by atoms with Gasteiger partial charge in [-0.2, -0.15) is 0 Å². The van der Waals surface area contributed by atoms with Crippen molar-refractivity contribution in [1.29, 1.82) is 0 Å². The minimum atomic E-state index is 0.135. The van der Waals surface area contributed by atoms with Crippen LogP contribution in [-0.4, -0.2) is 21.9 Å². The monoisotopic (exact) mass is 304 g/mol. The molecule has 0 saturated carbocycles. The quantitative estimate of drug-likeness (QED) is 0.673. The number of nitrogens with zero attached hydrogens (tertiary/aromatic N) is 2. The second-order valence-electron chi connectivity index (χ2n) is 6.30. The summed E-state index contributed by atoms with van der Waals surface area (Å²) in [5.74, 6) is 0.135. The van der Waals surface area contributed by atoms with Crippen LogP contribution in [0.1, 0.15) is 27.2 Å². The van der Waals surface area contributed by atoms with Crippen LogP contribution in [0.15, 0.2) is 48.5 Å². The first kappa shape index (κ1) is 14.1. The smallest absolute Gasteiger partial charge is 0.271 e. The number of hydrogen-bond donors (Lipinski definition) is 0. The van der Waals surface area contributed by atoms with Crippen molar-refractivity contribution in [1.82, 2.24) is 9.47 Å². The van der Waals surface area contributed by atoms with Gasteiger partial charge in [-0.1, -0.05) is 42.5 Å². The van der Waals surface area contributed by atoms with Gasteiger partial charge in [0.05, 0.1) is 0 Å². The number of carbonyl (C=O) groups is 1. The van der Waals surface area contributed by atoms with Crippen LogP contribution in [0.3, 0.4) is 0 Å². The highest BCUT2D eigenvalue weighted by atomic mass is 16.2. The Morgan fingerprint density at radius 3 is 2.48 bits per heavy atom. The van der Waals surface area contributed by atoms with Crippen LogP contribution >= 0.6 is 0 Å². The van der Waals surface area contributed by atoms with E-state index in [2.05, 4.69) is 36.4 Å². The molecule has 116 valence electrons. The summed E-state index contributed by atoms with van der Waals surface area (Å²) in [6.07, 6.45) is 0.935. The molecule has 3 aromatic rings. The molecular weight excluding hydrogens is 284 g/mol. The second kappa shape index (κ2) is 5.27. The Labute approximate surface area is 136 Å². The molecule has 0 N–H and O–H groups in total. The number of rotatable bonds is 1. The zero-order chi connectivity index (χ0) is 16.0. The lowest BCUT2D eigenvalue weighted by molar-refractivity contribution is 0.0724. The highest BCUT2D eigenvalue weighted by molar-refractivity contribution is 6.01. The summed E-state index contributed by atoms with van der Waals surface area (Å²) in [6, 6.07) is 16.6. The molecular formula is C20H20N2O. The van der Waals surface area contributed by atoms with Crippen LogP contribution in [0, 0.1) is 6.92 Å². The predicted octanol–water partition coefficient (Wildman–Crippen LogP) is 3.69. The molecule has 1 aliphatic heterocycles. The molecule has 1 aromatic heterocycles. The maximum Gasteiger partial charge on any atom is 0.271 e. The maximum absolute atomic E-state index is 13.1. The maximum atomic E-state index is 13.1. The lowest BCUT2D eigenvalue weighted by atomic mass is 9.99. The van der Waals surface area contributed by atoms with Gasteiger partial charge in [0.1, 0.15) is 5.69 Å². The molecule has 1 amide bonds. The SMILES string of the molecule is Cc1c(C(=O)N2CCc3ccccc3C2)n(C)c2ccccc12. The topological polar surface area (TPSA) is 25.2 Å². The third-order valence-electron chi connectivity index (χ3n) is 4.98. The number of hydrogen-bond acceptors (Lipinski definition) is 1. The fourth-order valence-electron chi connectivity index (χ4n) is 3.71. The minimum absolute atomic E-state index is 0.135.